The zero-order chi connectivity index (χ0) is 14.7. The van der Waals surface area contributed by atoms with E-state index in [9.17, 15) is 9.59 Å². The van der Waals surface area contributed by atoms with Gasteiger partial charge in [-0.05, 0) is 24.7 Å². The van der Waals surface area contributed by atoms with Crippen molar-refractivity contribution >= 4 is 11.9 Å². The number of ether oxygens (including phenoxy) is 1. The minimum atomic E-state index is -0.869. The SMILES string of the molecule is CCC(C)CCCC(C)COC(=O)CCCC(=O)O. The fourth-order valence-corrected chi connectivity index (χ4v) is 1.79. The Bertz CT molecular complexity index is 263. The van der Waals surface area contributed by atoms with Gasteiger partial charge >= 0.3 is 11.9 Å². The second-order valence-electron chi connectivity index (χ2n) is 5.48. The Morgan fingerprint density at radius 2 is 1.68 bits per heavy atom. The summed E-state index contributed by atoms with van der Waals surface area (Å²) in [6, 6.07) is 0. The van der Waals surface area contributed by atoms with Crippen LogP contribution in [-0.2, 0) is 14.3 Å². The number of carboxylic acids is 1. The van der Waals surface area contributed by atoms with E-state index in [0.29, 0.717) is 18.9 Å². The maximum atomic E-state index is 11.3. The normalized spacial score (nSPS) is 13.8. The van der Waals surface area contributed by atoms with E-state index in [1.54, 1.807) is 0 Å². The summed E-state index contributed by atoms with van der Waals surface area (Å²) in [6.45, 7) is 6.99. The molecule has 0 amide bonds. The molecule has 0 saturated carbocycles. The van der Waals surface area contributed by atoms with Gasteiger partial charge in [0.2, 0.25) is 0 Å². The van der Waals surface area contributed by atoms with Crippen LogP contribution in [0.3, 0.4) is 0 Å². The largest absolute Gasteiger partial charge is 0.481 e. The molecule has 0 aliphatic carbocycles. The lowest BCUT2D eigenvalue weighted by atomic mass is 9.97. The van der Waals surface area contributed by atoms with Crippen molar-refractivity contribution in [3.63, 3.8) is 0 Å². The summed E-state index contributed by atoms with van der Waals surface area (Å²) < 4.78 is 5.14. The van der Waals surface area contributed by atoms with Gasteiger partial charge in [0.15, 0.2) is 0 Å². The van der Waals surface area contributed by atoms with Crippen molar-refractivity contribution in [1.82, 2.24) is 0 Å². The highest BCUT2D eigenvalue weighted by molar-refractivity contribution is 5.71. The Morgan fingerprint density at radius 1 is 1.05 bits per heavy atom. The van der Waals surface area contributed by atoms with Crippen molar-refractivity contribution in [3.8, 4) is 0 Å². The van der Waals surface area contributed by atoms with Crippen LogP contribution in [0.4, 0.5) is 0 Å². The van der Waals surface area contributed by atoms with Crippen molar-refractivity contribution < 1.29 is 19.4 Å². The number of rotatable bonds is 11. The molecule has 4 nitrogen and oxygen atoms in total. The van der Waals surface area contributed by atoms with E-state index in [-0.39, 0.29) is 18.8 Å². The van der Waals surface area contributed by atoms with Crippen molar-refractivity contribution in [1.29, 1.82) is 0 Å². The van der Waals surface area contributed by atoms with E-state index in [1.807, 2.05) is 0 Å². The lowest BCUT2D eigenvalue weighted by Gasteiger charge is -2.13. The highest BCUT2D eigenvalue weighted by atomic mass is 16.5. The molecule has 0 spiro atoms. The van der Waals surface area contributed by atoms with Crippen molar-refractivity contribution in [2.75, 3.05) is 6.61 Å². The fourth-order valence-electron chi connectivity index (χ4n) is 1.79. The summed E-state index contributed by atoms with van der Waals surface area (Å²) in [5, 5.41) is 8.45. The summed E-state index contributed by atoms with van der Waals surface area (Å²) in [6.07, 6.45) is 5.28. The van der Waals surface area contributed by atoms with Crippen LogP contribution < -0.4 is 0 Å². The predicted octanol–water partition coefficient (Wildman–Crippen LogP) is 3.64. The van der Waals surface area contributed by atoms with Gasteiger partial charge in [-0.15, -0.1) is 0 Å². The van der Waals surface area contributed by atoms with Gasteiger partial charge in [-0.3, -0.25) is 9.59 Å². The molecule has 0 rings (SSSR count). The van der Waals surface area contributed by atoms with Crippen LogP contribution in [0.1, 0.15) is 65.7 Å². The lowest BCUT2D eigenvalue weighted by molar-refractivity contribution is -0.145. The van der Waals surface area contributed by atoms with E-state index >= 15 is 0 Å². The molecule has 2 atom stereocenters. The quantitative estimate of drug-likeness (QED) is 0.583. The molecule has 0 fully saturated rings. The molecule has 19 heavy (non-hydrogen) atoms. The van der Waals surface area contributed by atoms with Gasteiger partial charge < -0.3 is 9.84 Å². The summed E-state index contributed by atoms with van der Waals surface area (Å²) in [5.74, 6) is -0.000475. The average Bonchev–Trinajstić information content (AvgIpc) is 2.35. The standard InChI is InChI=1S/C15H28O4/c1-4-12(2)7-5-8-13(3)11-19-15(18)10-6-9-14(16)17/h12-13H,4-11H2,1-3H3,(H,16,17). The summed E-state index contributed by atoms with van der Waals surface area (Å²) in [7, 11) is 0. The highest BCUT2D eigenvalue weighted by Crippen LogP contribution is 2.15. The van der Waals surface area contributed by atoms with E-state index < -0.39 is 5.97 Å². The number of aliphatic carboxylic acids is 1. The zero-order valence-corrected chi connectivity index (χ0v) is 12.5. The molecule has 0 aromatic carbocycles. The molecule has 112 valence electrons. The van der Waals surface area contributed by atoms with E-state index in [2.05, 4.69) is 20.8 Å². The Morgan fingerprint density at radius 3 is 2.26 bits per heavy atom. The van der Waals surface area contributed by atoms with Gasteiger partial charge in [0.25, 0.3) is 0 Å². The van der Waals surface area contributed by atoms with Crippen molar-refractivity contribution in [2.45, 2.75) is 65.7 Å². The van der Waals surface area contributed by atoms with Crippen LogP contribution in [0.25, 0.3) is 0 Å². The molecular formula is C15H28O4. The van der Waals surface area contributed by atoms with Crippen LogP contribution in [0.2, 0.25) is 0 Å². The average molecular weight is 272 g/mol. The Labute approximate surface area is 116 Å². The van der Waals surface area contributed by atoms with Gasteiger partial charge in [0.05, 0.1) is 6.61 Å². The number of hydrogen-bond acceptors (Lipinski definition) is 3. The fraction of sp³-hybridized carbons (Fsp3) is 0.867. The smallest absolute Gasteiger partial charge is 0.305 e. The van der Waals surface area contributed by atoms with Crippen molar-refractivity contribution in [3.05, 3.63) is 0 Å². The first-order valence-electron chi connectivity index (χ1n) is 7.33. The predicted molar refractivity (Wildman–Crippen MR) is 74.9 cm³/mol. The molecule has 0 aliphatic heterocycles. The van der Waals surface area contributed by atoms with Gasteiger partial charge in [-0.25, -0.2) is 0 Å². The molecule has 0 aliphatic rings. The number of carbonyl (C=O) groups excluding carboxylic acids is 1. The Kier molecular flexibility index (Phi) is 10.2. The van der Waals surface area contributed by atoms with Crippen LogP contribution in [0.15, 0.2) is 0 Å². The van der Waals surface area contributed by atoms with Crippen LogP contribution in [0.5, 0.6) is 0 Å². The van der Waals surface area contributed by atoms with E-state index in [1.165, 1.54) is 19.3 Å². The monoisotopic (exact) mass is 272 g/mol. The second-order valence-corrected chi connectivity index (χ2v) is 5.48. The summed E-state index contributed by atoms with van der Waals surface area (Å²) >= 11 is 0. The molecular weight excluding hydrogens is 244 g/mol. The van der Waals surface area contributed by atoms with Crippen LogP contribution >= 0.6 is 0 Å². The van der Waals surface area contributed by atoms with Gasteiger partial charge in [-0.1, -0.05) is 40.0 Å². The Hall–Kier alpha value is -1.06. The summed E-state index contributed by atoms with van der Waals surface area (Å²) in [4.78, 5) is 21.6. The van der Waals surface area contributed by atoms with Gasteiger partial charge in [0, 0.05) is 12.8 Å². The lowest BCUT2D eigenvalue weighted by Crippen LogP contribution is -2.12. The second kappa shape index (κ2) is 10.8. The van der Waals surface area contributed by atoms with Crippen molar-refractivity contribution in [2.24, 2.45) is 11.8 Å². The van der Waals surface area contributed by atoms with Gasteiger partial charge in [-0.2, -0.15) is 0 Å². The first-order chi connectivity index (χ1) is 8.95. The molecule has 0 radical (unpaired) electrons. The zero-order valence-electron chi connectivity index (χ0n) is 12.5. The first kappa shape index (κ1) is 17.9. The minimum Gasteiger partial charge on any atom is -0.481 e. The molecule has 0 saturated heterocycles. The minimum absolute atomic E-state index is 0.0273. The number of carbonyl (C=O) groups is 2. The molecule has 1 N–H and O–H groups in total. The molecule has 0 aromatic heterocycles. The third-order valence-corrected chi connectivity index (χ3v) is 3.39. The highest BCUT2D eigenvalue weighted by Gasteiger charge is 2.09. The van der Waals surface area contributed by atoms with Gasteiger partial charge in [0.1, 0.15) is 0 Å². The summed E-state index contributed by atoms with van der Waals surface area (Å²) in [5.41, 5.74) is 0. The molecule has 0 aromatic rings. The maximum Gasteiger partial charge on any atom is 0.305 e. The topological polar surface area (TPSA) is 63.6 Å². The third kappa shape index (κ3) is 11.7. The molecule has 0 bridgehead atoms. The molecule has 4 heteroatoms. The third-order valence-electron chi connectivity index (χ3n) is 3.39. The number of esters is 1. The maximum absolute atomic E-state index is 11.3. The first-order valence-corrected chi connectivity index (χ1v) is 7.33. The number of hydrogen-bond donors (Lipinski definition) is 1. The van der Waals surface area contributed by atoms with E-state index in [0.717, 1.165) is 12.3 Å². The number of carboxylic acid groups (broad SMARTS) is 1. The van der Waals surface area contributed by atoms with E-state index in [4.69, 9.17) is 9.84 Å². The molecule has 2 unspecified atom stereocenters. The molecule has 0 heterocycles. The Balaban J connectivity index is 3.52. The van der Waals surface area contributed by atoms with Crippen LogP contribution in [0, 0.1) is 11.8 Å². The van der Waals surface area contributed by atoms with Crippen LogP contribution in [-0.4, -0.2) is 23.7 Å².